The second-order valence-electron chi connectivity index (χ2n) is 5.17. The van der Waals surface area contributed by atoms with Gasteiger partial charge in [-0.1, -0.05) is 20.8 Å². The van der Waals surface area contributed by atoms with E-state index in [4.69, 9.17) is 0 Å². The summed E-state index contributed by atoms with van der Waals surface area (Å²) in [5.41, 5.74) is -0.961. The number of hydrogen-bond acceptors (Lipinski definition) is 3. The molecule has 2 saturated carbocycles. The van der Waals surface area contributed by atoms with Crippen LogP contribution < -0.4 is 0 Å². The summed E-state index contributed by atoms with van der Waals surface area (Å²) in [6.07, 6.45) is 1.35. The molecule has 2 bridgehead atoms. The lowest BCUT2D eigenvalue weighted by Gasteiger charge is -2.42. The highest BCUT2D eigenvalue weighted by Crippen LogP contribution is 2.59. The molecule has 0 amide bonds. The molecule has 3 nitrogen and oxygen atoms in total. The molecule has 0 aromatic heterocycles. The van der Waals surface area contributed by atoms with Crippen LogP contribution in [0.2, 0.25) is 0 Å². The van der Waals surface area contributed by atoms with Gasteiger partial charge in [-0.25, -0.2) is 0 Å². The number of carbonyl (C=O) groups is 3. The lowest BCUT2D eigenvalue weighted by Crippen LogP contribution is -2.53. The van der Waals surface area contributed by atoms with E-state index in [0.29, 0.717) is 12.8 Å². The standard InChI is InChI=1S/C11H14O3/c1-10(2)6-4-5-11(10,3)9(14)8(13)7(6)12/h6H,4-5H2,1-3H3. The summed E-state index contributed by atoms with van der Waals surface area (Å²) >= 11 is 0. The Morgan fingerprint density at radius 2 is 1.71 bits per heavy atom. The molecule has 0 heterocycles. The third kappa shape index (κ3) is 0.764. The van der Waals surface area contributed by atoms with Crippen LogP contribution in [-0.2, 0) is 14.4 Å². The quantitative estimate of drug-likeness (QED) is 0.543. The van der Waals surface area contributed by atoms with E-state index in [2.05, 4.69) is 0 Å². The fraction of sp³-hybridized carbons (Fsp3) is 0.727. The highest BCUT2D eigenvalue weighted by molar-refractivity contribution is 6.66. The van der Waals surface area contributed by atoms with Gasteiger partial charge in [-0.15, -0.1) is 0 Å². The lowest BCUT2D eigenvalue weighted by atomic mass is 9.58. The zero-order chi connectivity index (χ0) is 10.7. The van der Waals surface area contributed by atoms with Crippen molar-refractivity contribution < 1.29 is 14.4 Å². The molecule has 0 radical (unpaired) electrons. The fourth-order valence-corrected chi connectivity index (χ4v) is 2.89. The van der Waals surface area contributed by atoms with Gasteiger partial charge in [0.05, 0.1) is 0 Å². The maximum Gasteiger partial charge on any atom is 0.264 e. The molecule has 0 spiro atoms. The Bertz CT molecular complexity index is 354. The monoisotopic (exact) mass is 194 g/mol. The van der Waals surface area contributed by atoms with Crippen LogP contribution in [0.4, 0.5) is 0 Å². The molecule has 2 fully saturated rings. The summed E-state index contributed by atoms with van der Waals surface area (Å²) < 4.78 is 0. The van der Waals surface area contributed by atoms with Gasteiger partial charge in [-0.05, 0) is 18.3 Å². The van der Waals surface area contributed by atoms with E-state index in [0.717, 1.165) is 0 Å². The minimum absolute atomic E-state index is 0.238. The van der Waals surface area contributed by atoms with Crippen molar-refractivity contribution in [2.45, 2.75) is 33.6 Å². The van der Waals surface area contributed by atoms with Crippen LogP contribution in [0.1, 0.15) is 33.6 Å². The molecule has 2 atom stereocenters. The molecule has 0 N–H and O–H groups in total. The highest BCUT2D eigenvalue weighted by atomic mass is 16.2. The Hall–Kier alpha value is -0.990. The predicted molar refractivity (Wildman–Crippen MR) is 49.6 cm³/mol. The topological polar surface area (TPSA) is 51.2 Å². The van der Waals surface area contributed by atoms with Crippen LogP contribution >= 0.6 is 0 Å². The van der Waals surface area contributed by atoms with E-state index in [1.54, 1.807) is 0 Å². The molecule has 0 aromatic carbocycles. The lowest BCUT2D eigenvalue weighted by molar-refractivity contribution is -0.158. The van der Waals surface area contributed by atoms with E-state index >= 15 is 0 Å². The molecular formula is C11H14O3. The van der Waals surface area contributed by atoms with Gasteiger partial charge in [-0.3, -0.25) is 14.4 Å². The first-order valence-corrected chi connectivity index (χ1v) is 4.95. The zero-order valence-electron chi connectivity index (χ0n) is 8.72. The first-order valence-electron chi connectivity index (χ1n) is 4.95. The molecule has 2 rings (SSSR count). The van der Waals surface area contributed by atoms with E-state index in [1.807, 2.05) is 20.8 Å². The van der Waals surface area contributed by atoms with Crippen LogP contribution in [0.15, 0.2) is 0 Å². The van der Waals surface area contributed by atoms with Crippen molar-refractivity contribution in [1.29, 1.82) is 0 Å². The first-order chi connectivity index (χ1) is 6.32. The Morgan fingerprint density at radius 1 is 1.14 bits per heavy atom. The average molecular weight is 194 g/mol. The van der Waals surface area contributed by atoms with Gasteiger partial charge >= 0.3 is 0 Å². The SMILES string of the molecule is CC12CCC(C(=O)C(=O)C1=O)C2(C)C. The first kappa shape index (κ1) is 9.56. The summed E-state index contributed by atoms with van der Waals surface area (Å²) in [4.78, 5) is 34.7. The molecule has 2 aliphatic rings. The van der Waals surface area contributed by atoms with Crippen LogP contribution in [-0.4, -0.2) is 17.3 Å². The smallest absolute Gasteiger partial charge is 0.264 e. The van der Waals surface area contributed by atoms with Crippen LogP contribution in [0, 0.1) is 16.7 Å². The van der Waals surface area contributed by atoms with E-state index in [9.17, 15) is 14.4 Å². The molecule has 0 saturated heterocycles. The second kappa shape index (κ2) is 2.33. The van der Waals surface area contributed by atoms with Crippen molar-refractivity contribution in [1.82, 2.24) is 0 Å². The summed E-state index contributed by atoms with van der Waals surface area (Å²) in [7, 11) is 0. The molecule has 0 aliphatic heterocycles. The maximum atomic E-state index is 11.8. The molecule has 2 unspecified atom stereocenters. The van der Waals surface area contributed by atoms with Crippen molar-refractivity contribution in [3.8, 4) is 0 Å². The summed E-state index contributed by atoms with van der Waals surface area (Å²) in [6.45, 7) is 5.67. The summed E-state index contributed by atoms with van der Waals surface area (Å²) in [6, 6.07) is 0. The molecule has 0 aromatic rings. The summed E-state index contributed by atoms with van der Waals surface area (Å²) in [5, 5.41) is 0. The van der Waals surface area contributed by atoms with Gasteiger partial charge in [0.1, 0.15) is 0 Å². The number of fused-ring (bicyclic) bond motifs is 2. The predicted octanol–water partition coefficient (Wildman–Crippen LogP) is 1.15. The molecule has 2 aliphatic carbocycles. The minimum Gasteiger partial charge on any atom is -0.290 e. The highest BCUT2D eigenvalue weighted by Gasteiger charge is 2.64. The Kier molecular flexibility index (Phi) is 1.59. The van der Waals surface area contributed by atoms with Gasteiger partial charge in [0, 0.05) is 11.3 Å². The van der Waals surface area contributed by atoms with Gasteiger partial charge in [0.2, 0.25) is 11.6 Å². The van der Waals surface area contributed by atoms with Crippen LogP contribution in [0.25, 0.3) is 0 Å². The Labute approximate surface area is 82.9 Å². The van der Waals surface area contributed by atoms with Gasteiger partial charge in [0.25, 0.3) is 5.78 Å². The Morgan fingerprint density at radius 3 is 2.29 bits per heavy atom. The van der Waals surface area contributed by atoms with E-state index in [-0.39, 0.29) is 11.3 Å². The molecule has 76 valence electrons. The van der Waals surface area contributed by atoms with Crippen molar-refractivity contribution >= 4 is 17.3 Å². The summed E-state index contributed by atoms with van der Waals surface area (Å²) in [5.74, 6) is -1.94. The largest absolute Gasteiger partial charge is 0.290 e. The maximum absolute atomic E-state index is 11.8. The van der Waals surface area contributed by atoms with Crippen LogP contribution in [0.5, 0.6) is 0 Å². The van der Waals surface area contributed by atoms with E-state index in [1.165, 1.54) is 0 Å². The number of ketones is 3. The van der Waals surface area contributed by atoms with Crippen molar-refractivity contribution in [3.05, 3.63) is 0 Å². The number of Topliss-reactive ketones (excluding diaryl/α,β-unsaturated/α-hetero) is 3. The molecule has 14 heavy (non-hydrogen) atoms. The number of hydrogen-bond donors (Lipinski definition) is 0. The van der Waals surface area contributed by atoms with Gasteiger partial charge in [0.15, 0.2) is 0 Å². The second-order valence-corrected chi connectivity index (χ2v) is 5.17. The minimum atomic E-state index is -0.769. The third-order valence-electron chi connectivity index (χ3n) is 4.47. The van der Waals surface area contributed by atoms with Gasteiger partial charge in [-0.2, -0.15) is 0 Å². The number of carbonyl (C=O) groups excluding carboxylic acids is 3. The van der Waals surface area contributed by atoms with Crippen molar-refractivity contribution in [2.24, 2.45) is 16.7 Å². The van der Waals surface area contributed by atoms with Crippen molar-refractivity contribution in [3.63, 3.8) is 0 Å². The fourth-order valence-electron chi connectivity index (χ4n) is 2.89. The van der Waals surface area contributed by atoms with Crippen molar-refractivity contribution in [2.75, 3.05) is 0 Å². The van der Waals surface area contributed by atoms with Gasteiger partial charge < -0.3 is 0 Å². The van der Waals surface area contributed by atoms with Crippen LogP contribution in [0.3, 0.4) is 0 Å². The number of rotatable bonds is 0. The van der Waals surface area contributed by atoms with E-state index < -0.39 is 22.8 Å². The molecular weight excluding hydrogens is 180 g/mol. The third-order valence-corrected chi connectivity index (χ3v) is 4.47. The Balaban J connectivity index is 2.60. The zero-order valence-corrected chi connectivity index (χ0v) is 8.72. The average Bonchev–Trinajstić information content (AvgIpc) is 2.30. The normalized spacial score (nSPS) is 40.5. The molecule has 3 heteroatoms.